The Morgan fingerprint density at radius 1 is 1.15 bits per heavy atom. The van der Waals surface area contributed by atoms with E-state index < -0.39 is 23.9 Å². The summed E-state index contributed by atoms with van der Waals surface area (Å²) in [5.41, 5.74) is 0.795. The van der Waals surface area contributed by atoms with Crippen molar-refractivity contribution in [2.75, 3.05) is 56.2 Å². The minimum Gasteiger partial charge on any atom is -0.465 e. The highest BCUT2D eigenvalue weighted by atomic mass is 19.4. The third-order valence-corrected chi connectivity index (χ3v) is 8.00. The molecule has 2 atom stereocenters. The van der Waals surface area contributed by atoms with Crippen LogP contribution in [0.3, 0.4) is 0 Å². The Morgan fingerprint density at radius 2 is 1.95 bits per heavy atom. The van der Waals surface area contributed by atoms with Crippen molar-refractivity contribution >= 4 is 17.6 Å². The molecule has 2 fully saturated rings. The van der Waals surface area contributed by atoms with E-state index >= 15 is 0 Å². The lowest BCUT2D eigenvalue weighted by Gasteiger charge is -2.41. The summed E-state index contributed by atoms with van der Waals surface area (Å²) in [6.07, 6.45) is -3.06. The Bertz CT molecular complexity index is 1280. The fourth-order valence-electron chi connectivity index (χ4n) is 5.85. The molecule has 1 aromatic carbocycles. The molecule has 4 heterocycles. The molecule has 1 amide bonds. The summed E-state index contributed by atoms with van der Waals surface area (Å²) < 4.78 is 47.4. The summed E-state index contributed by atoms with van der Waals surface area (Å²) >= 11 is 0. The maximum atomic E-state index is 13.8. The summed E-state index contributed by atoms with van der Waals surface area (Å²) in [5.74, 6) is 0.594. The third-order valence-electron chi connectivity index (χ3n) is 8.00. The number of likely N-dealkylation sites (tertiary alicyclic amines) is 1. The highest BCUT2D eigenvalue weighted by molar-refractivity contribution is 5.66. The van der Waals surface area contributed by atoms with Crippen LogP contribution >= 0.6 is 0 Å². The quantitative estimate of drug-likeness (QED) is 0.568. The second-order valence-corrected chi connectivity index (χ2v) is 10.5. The van der Waals surface area contributed by atoms with Gasteiger partial charge in [-0.2, -0.15) is 28.4 Å². The normalized spacial score (nSPS) is 21.7. The first-order chi connectivity index (χ1) is 19.2. The van der Waals surface area contributed by atoms with Crippen LogP contribution in [0.15, 0.2) is 24.3 Å². The van der Waals surface area contributed by atoms with Crippen molar-refractivity contribution in [3.63, 3.8) is 0 Å². The number of nitriles is 1. The standard InChI is InChI=1S/C27H32F3N7O3/c1-34-11-4-5-19(34)17-40-25-32-22-16-35(23-7-3-2-6-21(23)27(28,29)30)12-9-20(22)24(33-25)36-13-14-37(26(38)39)18(15-36)8-10-31/h2-3,6-7,18-19H,4-5,8-9,11-17H2,1H3,(H,38,39)/t18-,19+/m0/s1. The Morgan fingerprint density at radius 3 is 2.65 bits per heavy atom. The van der Waals surface area contributed by atoms with Crippen LogP contribution in [0.5, 0.6) is 6.01 Å². The van der Waals surface area contributed by atoms with Gasteiger partial charge in [0.15, 0.2) is 0 Å². The highest BCUT2D eigenvalue weighted by Gasteiger charge is 2.37. The van der Waals surface area contributed by atoms with E-state index in [1.807, 2.05) is 11.9 Å². The summed E-state index contributed by atoms with van der Waals surface area (Å²) in [7, 11) is 2.04. The molecule has 0 spiro atoms. The van der Waals surface area contributed by atoms with Crippen molar-refractivity contribution in [2.24, 2.45) is 0 Å². The van der Waals surface area contributed by atoms with Crippen molar-refractivity contribution in [3.8, 4) is 12.1 Å². The molecule has 0 radical (unpaired) electrons. The van der Waals surface area contributed by atoms with E-state index in [-0.39, 0.29) is 43.8 Å². The van der Waals surface area contributed by atoms with Crippen molar-refractivity contribution < 1.29 is 27.8 Å². The van der Waals surface area contributed by atoms with Crippen LogP contribution < -0.4 is 14.5 Å². The fraction of sp³-hybridized carbons (Fsp3) is 0.556. The lowest BCUT2D eigenvalue weighted by molar-refractivity contribution is -0.137. The molecule has 3 aliphatic heterocycles. The molecule has 5 rings (SSSR count). The lowest BCUT2D eigenvalue weighted by atomic mass is 10.0. The average Bonchev–Trinajstić information content (AvgIpc) is 3.35. The smallest absolute Gasteiger partial charge is 0.418 e. The third kappa shape index (κ3) is 5.72. The molecule has 40 heavy (non-hydrogen) atoms. The van der Waals surface area contributed by atoms with Gasteiger partial charge >= 0.3 is 18.3 Å². The predicted molar refractivity (Wildman–Crippen MR) is 140 cm³/mol. The first kappa shape index (κ1) is 27.8. The Kier molecular flexibility index (Phi) is 7.89. The largest absolute Gasteiger partial charge is 0.465 e. The number of aromatic nitrogens is 2. The first-order valence-electron chi connectivity index (χ1n) is 13.4. The molecule has 2 aromatic rings. The number of rotatable bonds is 6. The van der Waals surface area contributed by atoms with Gasteiger partial charge in [-0.15, -0.1) is 0 Å². The van der Waals surface area contributed by atoms with Crippen LogP contribution in [0.4, 0.5) is 29.5 Å². The number of hydrogen-bond donors (Lipinski definition) is 1. The van der Waals surface area contributed by atoms with Gasteiger partial charge in [-0.3, -0.25) is 0 Å². The van der Waals surface area contributed by atoms with E-state index in [4.69, 9.17) is 9.72 Å². The number of para-hydroxylation sites is 1. The number of halogens is 3. The molecule has 1 N–H and O–H groups in total. The van der Waals surface area contributed by atoms with Crippen molar-refractivity contribution in [2.45, 2.75) is 50.5 Å². The lowest BCUT2D eigenvalue weighted by Crippen LogP contribution is -2.55. The molecule has 1 aromatic heterocycles. The maximum absolute atomic E-state index is 13.8. The SMILES string of the molecule is CN1CCC[C@@H]1COc1nc2c(c(N3CCN(C(=O)O)[C@@H](CC#N)C3)n1)CCN(c1ccccc1C(F)(F)F)C2. The number of carbonyl (C=O) groups is 1. The van der Waals surface area contributed by atoms with Crippen LogP contribution in [0.2, 0.25) is 0 Å². The monoisotopic (exact) mass is 559 g/mol. The van der Waals surface area contributed by atoms with Gasteiger partial charge < -0.3 is 29.4 Å². The van der Waals surface area contributed by atoms with Crippen LogP contribution in [0, 0.1) is 11.3 Å². The molecule has 10 nitrogen and oxygen atoms in total. The van der Waals surface area contributed by atoms with Crippen LogP contribution in [0.25, 0.3) is 0 Å². The van der Waals surface area contributed by atoms with Gasteiger partial charge in [-0.1, -0.05) is 12.1 Å². The maximum Gasteiger partial charge on any atom is 0.418 e. The fourth-order valence-corrected chi connectivity index (χ4v) is 5.85. The summed E-state index contributed by atoms with van der Waals surface area (Å²) in [4.78, 5) is 28.3. The Balaban J connectivity index is 1.47. The first-order valence-corrected chi connectivity index (χ1v) is 13.4. The molecule has 13 heteroatoms. The molecular formula is C27H32F3N7O3. The molecule has 0 bridgehead atoms. The number of ether oxygens (including phenoxy) is 1. The molecule has 3 aliphatic rings. The predicted octanol–water partition coefficient (Wildman–Crippen LogP) is 3.61. The number of piperazine rings is 1. The van der Waals surface area contributed by atoms with Crippen molar-refractivity contribution in [3.05, 3.63) is 41.1 Å². The molecular weight excluding hydrogens is 527 g/mol. The molecule has 214 valence electrons. The Hall–Kier alpha value is -3.79. The zero-order valence-electron chi connectivity index (χ0n) is 22.3. The van der Waals surface area contributed by atoms with Crippen LogP contribution in [-0.4, -0.2) is 89.4 Å². The number of anilines is 2. The summed E-state index contributed by atoms with van der Waals surface area (Å²) in [6, 6.07) is 7.44. The zero-order valence-corrected chi connectivity index (χ0v) is 22.3. The van der Waals surface area contributed by atoms with E-state index in [1.165, 1.54) is 17.0 Å². The highest BCUT2D eigenvalue weighted by Crippen LogP contribution is 2.39. The molecule has 0 saturated carbocycles. The van der Waals surface area contributed by atoms with E-state index in [9.17, 15) is 28.3 Å². The molecule has 0 unspecified atom stereocenters. The van der Waals surface area contributed by atoms with Crippen molar-refractivity contribution in [1.82, 2.24) is 19.8 Å². The van der Waals surface area contributed by atoms with Gasteiger partial charge in [0.25, 0.3) is 0 Å². The Labute approximate surface area is 230 Å². The van der Waals surface area contributed by atoms with Gasteiger partial charge in [0, 0.05) is 43.5 Å². The van der Waals surface area contributed by atoms with E-state index in [1.54, 1.807) is 11.0 Å². The second-order valence-electron chi connectivity index (χ2n) is 10.5. The number of nitrogens with zero attached hydrogens (tertiary/aromatic N) is 7. The van der Waals surface area contributed by atoms with Gasteiger partial charge in [0.1, 0.15) is 12.4 Å². The van der Waals surface area contributed by atoms with Crippen LogP contribution in [0.1, 0.15) is 36.1 Å². The van der Waals surface area contributed by atoms with E-state index in [0.717, 1.165) is 31.0 Å². The zero-order chi connectivity index (χ0) is 28.4. The van der Waals surface area contributed by atoms with E-state index in [2.05, 4.69) is 16.0 Å². The summed E-state index contributed by atoms with van der Waals surface area (Å²) in [6.45, 7) is 2.69. The number of likely N-dealkylation sites (N-methyl/N-ethyl adjacent to an activating group) is 1. The second kappa shape index (κ2) is 11.4. The van der Waals surface area contributed by atoms with Gasteiger partial charge in [0.2, 0.25) is 0 Å². The minimum absolute atomic E-state index is 0.0372. The minimum atomic E-state index is -4.49. The number of fused-ring (bicyclic) bond motifs is 1. The summed E-state index contributed by atoms with van der Waals surface area (Å²) in [5, 5.41) is 18.9. The number of alkyl halides is 3. The number of carboxylic acid groups (broad SMARTS) is 1. The van der Waals surface area contributed by atoms with Gasteiger partial charge in [-0.05, 0) is 45.0 Å². The molecule has 2 saturated heterocycles. The number of hydrogen-bond acceptors (Lipinski definition) is 8. The van der Waals surface area contributed by atoms with Gasteiger partial charge in [-0.25, -0.2) is 4.79 Å². The molecule has 0 aliphatic carbocycles. The number of benzene rings is 1. The average molecular weight is 560 g/mol. The van der Waals surface area contributed by atoms with Crippen molar-refractivity contribution in [1.29, 1.82) is 5.26 Å². The topological polar surface area (TPSA) is 109 Å². The van der Waals surface area contributed by atoms with E-state index in [0.29, 0.717) is 37.6 Å². The van der Waals surface area contributed by atoms with Crippen LogP contribution in [-0.2, 0) is 19.1 Å². The van der Waals surface area contributed by atoms with Gasteiger partial charge in [0.05, 0.1) is 36.3 Å². The number of amides is 1.